The normalized spacial score (nSPS) is 18.2. The summed E-state index contributed by atoms with van der Waals surface area (Å²) in [7, 11) is 0. The Bertz CT molecular complexity index is 876. The zero-order valence-corrected chi connectivity index (χ0v) is 15.4. The second kappa shape index (κ2) is 6.28. The van der Waals surface area contributed by atoms with Crippen LogP contribution in [0.4, 0.5) is 0 Å². The molecular formula is C21H24N4O. The fourth-order valence-corrected chi connectivity index (χ4v) is 4.01. The number of amides is 1. The minimum absolute atomic E-state index is 0.0656. The molecule has 1 amide bonds. The second-order valence-electron chi connectivity index (χ2n) is 8.00. The number of carbonyl (C=O) groups excluding carboxylic acids is 1. The van der Waals surface area contributed by atoms with Crippen molar-refractivity contribution in [1.29, 1.82) is 5.26 Å². The number of hydrogen-bond donors (Lipinski definition) is 1. The van der Waals surface area contributed by atoms with Crippen molar-refractivity contribution in [3.05, 3.63) is 41.2 Å². The first-order chi connectivity index (χ1) is 12.5. The highest BCUT2D eigenvalue weighted by Gasteiger charge is 2.45. The first-order valence-corrected chi connectivity index (χ1v) is 9.40. The number of nitrogens with zero attached hydrogens (tertiary/aromatic N) is 3. The lowest BCUT2D eigenvalue weighted by Gasteiger charge is -2.32. The summed E-state index contributed by atoms with van der Waals surface area (Å²) < 4.78 is 0. The molecule has 0 atom stereocenters. The van der Waals surface area contributed by atoms with Crippen molar-refractivity contribution in [1.82, 2.24) is 15.1 Å². The van der Waals surface area contributed by atoms with Crippen molar-refractivity contribution in [2.45, 2.75) is 45.4 Å². The van der Waals surface area contributed by atoms with Gasteiger partial charge in [0.1, 0.15) is 0 Å². The molecule has 1 N–H and O–H groups in total. The van der Waals surface area contributed by atoms with Gasteiger partial charge < -0.3 is 4.90 Å². The Morgan fingerprint density at radius 2 is 1.96 bits per heavy atom. The molecule has 1 saturated carbocycles. The van der Waals surface area contributed by atoms with E-state index in [-0.39, 0.29) is 11.8 Å². The van der Waals surface area contributed by atoms with Crippen molar-refractivity contribution in [2.75, 3.05) is 13.1 Å². The number of aromatic nitrogens is 2. The van der Waals surface area contributed by atoms with Gasteiger partial charge in [-0.25, -0.2) is 0 Å². The molecule has 0 unspecified atom stereocenters. The maximum absolute atomic E-state index is 13.2. The maximum atomic E-state index is 13.2. The quantitative estimate of drug-likeness (QED) is 0.908. The number of H-pyrrole nitrogens is 1. The summed E-state index contributed by atoms with van der Waals surface area (Å²) in [5.74, 6) is 0.297. The van der Waals surface area contributed by atoms with Crippen LogP contribution < -0.4 is 0 Å². The summed E-state index contributed by atoms with van der Waals surface area (Å²) in [4.78, 5) is 15.2. The van der Waals surface area contributed by atoms with Crippen LogP contribution in [0.2, 0.25) is 0 Å². The first kappa shape index (κ1) is 16.8. The van der Waals surface area contributed by atoms with Crippen LogP contribution in [0.25, 0.3) is 11.1 Å². The van der Waals surface area contributed by atoms with Crippen LogP contribution in [0.5, 0.6) is 0 Å². The molecule has 134 valence electrons. The summed E-state index contributed by atoms with van der Waals surface area (Å²) in [6.45, 7) is 5.82. The van der Waals surface area contributed by atoms with Gasteiger partial charge in [0, 0.05) is 30.4 Å². The number of nitrogens with one attached hydrogen (secondary N) is 1. The number of rotatable bonds is 3. The predicted molar refractivity (Wildman–Crippen MR) is 99.6 cm³/mol. The predicted octanol–water partition coefficient (Wildman–Crippen LogP) is 4.09. The molecule has 2 aromatic rings. The van der Waals surface area contributed by atoms with Gasteiger partial charge in [-0.2, -0.15) is 10.4 Å². The number of carbonyl (C=O) groups is 1. The van der Waals surface area contributed by atoms with Gasteiger partial charge in [0.05, 0.1) is 17.3 Å². The third kappa shape index (κ3) is 2.90. The van der Waals surface area contributed by atoms with Crippen molar-refractivity contribution in [2.24, 2.45) is 5.41 Å². The molecule has 5 nitrogen and oxygen atoms in total. The van der Waals surface area contributed by atoms with E-state index in [0.29, 0.717) is 16.5 Å². The molecule has 1 aliphatic heterocycles. The molecule has 26 heavy (non-hydrogen) atoms. The summed E-state index contributed by atoms with van der Waals surface area (Å²) >= 11 is 0. The molecule has 0 bridgehead atoms. The Balaban J connectivity index is 1.70. The maximum Gasteiger partial charge on any atom is 0.254 e. The van der Waals surface area contributed by atoms with E-state index in [1.807, 2.05) is 17.2 Å². The molecule has 2 heterocycles. The lowest BCUT2D eigenvalue weighted by atomic mass is 9.91. The van der Waals surface area contributed by atoms with E-state index in [0.717, 1.165) is 42.8 Å². The van der Waals surface area contributed by atoms with Crippen LogP contribution in [-0.2, 0) is 0 Å². The standard InChI is InChI=1S/C21H24N4O/c1-14(2)19-18(13-23-24-19)17-11-15(12-22)3-4-16(17)20(26)25-9-7-21(5-6-21)8-10-25/h3-4,11,13-14H,5-10H2,1-2H3,(H,23,24). The second-order valence-corrected chi connectivity index (χ2v) is 8.00. The molecule has 1 spiro atoms. The summed E-state index contributed by atoms with van der Waals surface area (Å²) in [5.41, 5.74) is 4.40. The van der Waals surface area contributed by atoms with Crippen LogP contribution in [0.15, 0.2) is 24.4 Å². The average molecular weight is 348 g/mol. The van der Waals surface area contributed by atoms with E-state index >= 15 is 0 Å². The SMILES string of the molecule is CC(C)c1n[nH]cc1-c1cc(C#N)ccc1C(=O)N1CCC2(CC1)CC2. The Hall–Kier alpha value is -2.61. The number of nitriles is 1. The lowest BCUT2D eigenvalue weighted by molar-refractivity contribution is 0.0679. The Kier molecular flexibility index (Phi) is 4.07. The van der Waals surface area contributed by atoms with E-state index in [1.54, 1.807) is 12.1 Å². The van der Waals surface area contributed by atoms with E-state index in [4.69, 9.17) is 0 Å². The lowest BCUT2D eigenvalue weighted by Crippen LogP contribution is -2.39. The van der Waals surface area contributed by atoms with E-state index < -0.39 is 0 Å². The van der Waals surface area contributed by atoms with E-state index in [1.165, 1.54) is 12.8 Å². The Morgan fingerprint density at radius 3 is 2.58 bits per heavy atom. The summed E-state index contributed by atoms with van der Waals surface area (Å²) in [5, 5.41) is 16.6. The number of benzene rings is 1. The number of aromatic amines is 1. The van der Waals surface area contributed by atoms with Crippen LogP contribution in [-0.4, -0.2) is 34.1 Å². The van der Waals surface area contributed by atoms with Gasteiger partial charge in [0.2, 0.25) is 0 Å². The first-order valence-electron chi connectivity index (χ1n) is 9.40. The monoisotopic (exact) mass is 348 g/mol. The molecule has 2 fully saturated rings. The van der Waals surface area contributed by atoms with Gasteiger partial charge in [-0.15, -0.1) is 0 Å². The molecular weight excluding hydrogens is 324 g/mol. The van der Waals surface area contributed by atoms with Gasteiger partial charge in [0.25, 0.3) is 5.91 Å². The zero-order valence-electron chi connectivity index (χ0n) is 15.4. The Labute approximate surface area is 154 Å². The molecule has 4 rings (SSSR count). The highest BCUT2D eigenvalue weighted by atomic mass is 16.2. The van der Waals surface area contributed by atoms with E-state index in [9.17, 15) is 10.1 Å². The smallest absolute Gasteiger partial charge is 0.254 e. The Morgan fingerprint density at radius 1 is 1.23 bits per heavy atom. The van der Waals surface area contributed by atoms with Crippen LogP contribution in [0.1, 0.15) is 67.1 Å². The molecule has 1 aromatic carbocycles. The van der Waals surface area contributed by atoms with Crippen LogP contribution in [0.3, 0.4) is 0 Å². The van der Waals surface area contributed by atoms with Crippen molar-refractivity contribution in [3.63, 3.8) is 0 Å². The van der Waals surface area contributed by atoms with Crippen LogP contribution >= 0.6 is 0 Å². The number of hydrogen-bond acceptors (Lipinski definition) is 3. The van der Waals surface area contributed by atoms with E-state index in [2.05, 4.69) is 30.1 Å². The molecule has 1 aromatic heterocycles. The highest BCUT2D eigenvalue weighted by Crippen LogP contribution is 2.53. The van der Waals surface area contributed by atoms with Gasteiger partial charge in [0.15, 0.2) is 0 Å². The fraction of sp³-hybridized carbons (Fsp3) is 0.476. The average Bonchev–Trinajstić information content (AvgIpc) is 3.22. The third-order valence-corrected chi connectivity index (χ3v) is 5.95. The summed E-state index contributed by atoms with van der Waals surface area (Å²) in [6, 6.07) is 7.54. The molecule has 2 aliphatic rings. The topological polar surface area (TPSA) is 72.8 Å². The van der Waals surface area contributed by atoms with Crippen molar-refractivity contribution >= 4 is 5.91 Å². The van der Waals surface area contributed by atoms with Gasteiger partial charge in [-0.1, -0.05) is 13.8 Å². The van der Waals surface area contributed by atoms with Crippen LogP contribution in [0, 0.1) is 16.7 Å². The number of piperidine rings is 1. The molecule has 0 radical (unpaired) electrons. The van der Waals surface area contributed by atoms with Crippen molar-refractivity contribution in [3.8, 4) is 17.2 Å². The van der Waals surface area contributed by atoms with Gasteiger partial charge >= 0.3 is 0 Å². The molecule has 5 heteroatoms. The largest absolute Gasteiger partial charge is 0.339 e. The zero-order chi connectivity index (χ0) is 18.3. The third-order valence-electron chi connectivity index (χ3n) is 5.95. The van der Waals surface area contributed by atoms with Gasteiger partial charge in [-0.3, -0.25) is 9.89 Å². The minimum atomic E-state index is 0.0656. The molecule has 1 aliphatic carbocycles. The highest BCUT2D eigenvalue weighted by molar-refractivity contribution is 6.01. The van der Waals surface area contributed by atoms with Gasteiger partial charge in [-0.05, 0) is 60.8 Å². The van der Waals surface area contributed by atoms with Crippen molar-refractivity contribution < 1.29 is 4.79 Å². The fourth-order valence-electron chi connectivity index (χ4n) is 4.01. The summed E-state index contributed by atoms with van der Waals surface area (Å²) in [6.07, 6.45) is 6.71. The number of likely N-dealkylation sites (tertiary alicyclic amines) is 1. The molecule has 1 saturated heterocycles. The minimum Gasteiger partial charge on any atom is -0.339 e.